The summed E-state index contributed by atoms with van der Waals surface area (Å²) >= 11 is 0. The fraction of sp³-hybridized carbons (Fsp3) is 0.333. The van der Waals surface area contributed by atoms with E-state index >= 15 is 0 Å². The van der Waals surface area contributed by atoms with Gasteiger partial charge in [0.15, 0.2) is 0 Å². The Bertz CT molecular complexity index is 753. The first-order valence-electron chi connectivity index (χ1n) is 7.81. The minimum absolute atomic E-state index is 0.270. The monoisotopic (exact) mass is 349 g/mol. The highest BCUT2D eigenvalue weighted by Crippen LogP contribution is 2.23. The Balaban J connectivity index is 1.83. The minimum atomic E-state index is -4.42. The van der Waals surface area contributed by atoms with Gasteiger partial charge >= 0.3 is 0 Å². The lowest BCUT2D eigenvalue weighted by atomic mass is 9.99. The van der Waals surface area contributed by atoms with Crippen molar-refractivity contribution in [1.29, 1.82) is 0 Å². The van der Waals surface area contributed by atoms with Gasteiger partial charge in [-0.3, -0.25) is 0 Å². The Hall–Kier alpha value is -2.05. The van der Waals surface area contributed by atoms with Crippen LogP contribution < -0.4 is 9.47 Å². The quantitative estimate of drug-likeness (QED) is 0.538. The maximum Gasteiger partial charge on any atom is 0.124 e. The van der Waals surface area contributed by atoms with E-state index in [1.807, 2.05) is 18.2 Å². The van der Waals surface area contributed by atoms with Crippen molar-refractivity contribution in [1.82, 2.24) is 0 Å². The van der Waals surface area contributed by atoms with Gasteiger partial charge in [0.25, 0.3) is 0 Å². The van der Waals surface area contributed by atoms with Crippen molar-refractivity contribution in [3.05, 3.63) is 54.1 Å². The molecule has 6 heteroatoms. The summed E-state index contributed by atoms with van der Waals surface area (Å²) in [5, 5.41) is 0. The molecule has 0 amide bonds. The molecule has 0 bridgehead atoms. The van der Waals surface area contributed by atoms with Crippen molar-refractivity contribution in [3.63, 3.8) is 0 Å². The van der Waals surface area contributed by atoms with Gasteiger partial charge in [-0.05, 0) is 54.3 Å². The summed E-state index contributed by atoms with van der Waals surface area (Å²) in [7, 11) is -4.42. The molecule has 0 aliphatic carbocycles. The molecule has 0 saturated carbocycles. The van der Waals surface area contributed by atoms with Crippen LogP contribution in [0.2, 0.25) is 0 Å². The molecule has 24 heavy (non-hydrogen) atoms. The molecule has 130 valence electrons. The Labute approximate surface area is 143 Å². The summed E-state index contributed by atoms with van der Waals surface area (Å²) in [5.74, 6) is 1.77. The van der Waals surface area contributed by atoms with Gasteiger partial charge in [0.05, 0.1) is 4.90 Å². The molecule has 2 aromatic rings. The van der Waals surface area contributed by atoms with E-state index in [0.717, 1.165) is 12.2 Å². The lowest BCUT2D eigenvalue weighted by Crippen LogP contribution is -2.09. The molecular weight excluding hydrogens is 328 g/mol. The third kappa shape index (κ3) is 5.25. The zero-order valence-corrected chi connectivity index (χ0v) is 14.6. The largest absolute Gasteiger partial charge is 0.744 e. The highest BCUT2D eigenvalue weighted by atomic mass is 32.2. The fourth-order valence-corrected chi connectivity index (χ4v) is 2.64. The zero-order chi connectivity index (χ0) is 17.6. The van der Waals surface area contributed by atoms with Gasteiger partial charge in [-0.1, -0.05) is 26.0 Å². The lowest BCUT2D eigenvalue weighted by molar-refractivity contribution is 0.217. The van der Waals surface area contributed by atoms with Gasteiger partial charge in [-0.15, -0.1) is 0 Å². The fourth-order valence-electron chi connectivity index (χ4n) is 2.17. The number of rotatable bonds is 8. The topological polar surface area (TPSA) is 75.7 Å². The van der Waals surface area contributed by atoms with Crippen LogP contribution in [0.1, 0.15) is 31.7 Å². The third-order valence-corrected chi connectivity index (χ3v) is 4.62. The molecule has 0 spiro atoms. The molecular formula is C18H21O5S-. The van der Waals surface area contributed by atoms with Crippen molar-refractivity contribution < 1.29 is 22.4 Å². The Kier molecular flexibility index (Phi) is 6.23. The van der Waals surface area contributed by atoms with Crippen LogP contribution in [0, 0.1) is 0 Å². The second kappa shape index (κ2) is 8.17. The molecule has 0 heterocycles. The zero-order valence-electron chi connectivity index (χ0n) is 13.8. The van der Waals surface area contributed by atoms with Gasteiger partial charge in [0.2, 0.25) is 0 Å². The highest BCUT2D eigenvalue weighted by molar-refractivity contribution is 7.85. The molecule has 0 radical (unpaired) electrons. The molecule has 0 fully saturated rings. The van der Waals surface area contributed by atoms with Gasteiger partial charge in [-0.25, -0.2) is 8.42 Å². The van der Waals surface area contributed by atoms with E-state index in [1.165, 1.54) is 29.8 Å². The van der Waals surface area contributed by atoms with E-state index in [4.69, 9.17) is 9.47 Å². The molecule has 0 aromatic heterocycles. The van der Waals surface area contributed by atoms with Crippen molar-refractivity contribution in [2.75, 3.05) is 13.2 Å². The molecule has 0 N–H and O–H groups in total. The average molecular weight is 349 g/mol. The summed E-state index contributed by atoms with van der Waals surface area (Å²) in [5.41, 5.74) is 1.24. The lowest BCUT2D eigenvalue weighted by Gasteiger charge is -2.12. The molecule has 5 nitrogen and oxygen atoms in total. The van der Waals surface area contributed by atoms with Gasteiger partial charge in [0.1, 0.15) is 34.8 Å². The van der Waals surface area contributed by atoms with E-state index in [1.54, 1.807) is 0 Å². The summed E-state index contributed by atoms with van der Waals surface area (Å²) < 4.78 is 43.7. The normalized spacial score (nSPS) is 12.6. The number of benzene rings is 2. The standard InChI is InChI=1S/C18H22O5S/c1-3-14(2)15-5-4-6-17(13-15)23-12-11-22-16-7-9-18(10-8-16)24(19,20)21/h4-10,13-14H,3,11-12H2,1-2H3,(H,19,20,21)/p-1. The highest BCUT2D eigenvalue weighted by Gasteiger charge is 2.04. The van der Waals surface area contributed by atoms with Crippen LogP contribution in [0.15, 0.2) is 53.4 Å². The van der Waals surface area contributed by atoms with Crippen molar-refractivity contribution in [2.24, 2.45) is 0 Å². The minimum Gasteiger partial charge on any atom is -0.744 e. The smallest absolute Gasteiger partial charge is 0.124 e. The maximum atomic E-state index is 10.8. The van der Waals surface area contributed by atoms with E-state index in [-0.39, 0.29) is 4.90 Å². The summed E-state index contributed by atoms with van der Waals surface area (Å²) in [6, 6.07) is 13.4. The summed E-state index contributed by atoms with van der Waals surface area (Å²) in [4.78, 5) is -0.270. The maximum absolute atomic E-state index is 10.8. The Morgan fingerprint density at radius 3 is 2.21 bits per heavy atom. The number of hydrogen-bond donors (Lipinski definition) is 0. The second-order valence-corrected chi connectivity index (χ2v) is 6.88. The van der Waals surface area contributed by atoms with E-state index in [0.29, 0.717) is 24.9 Å². The Morgan fingerprint density at radius 1 is 1.00 bits per heavy atom. The molecule has 0 aliphatic rings. The first-order valence-corrected chi connectivity index (χ1v) is 9.22. The van der Waals surface area contributed by atoms with Gasteiger partial charge < -0.3 is 14.0 Å². The van der Waals surface area contributed by atoms with E-state index < -0.39 is 10.1 Å². The third-order valence-electron chi connectivity index (χ3n) is 3.77. The van der Waals surface area contributed by atoms with Gasteiger partial charge in [-0.2, -0.15) is 0 Å². The van der Waals surface area contributed by atoms with Crippen LogP contribution >= 0.6 is 0 Å². The number of hydrogen-bond acceptors (Lipinski definition) is 5. The first-order chi connectivity index (χ1) is 11.4. The van der Waals surface area contributed by atoms with E-state index in [2.05, 4.69) is 19.9 Å². The van der Waals surface area contributed by atoms with Gasteiger partial charge in [0, 0.05) is 0 Å². The average Bonchev–Trinajstić information content (AvgIpc) is 2.58. The predicted octanol–water partition coefficient (Wildman–Crippen LogP) is 3.56. The first kappa shape index (κ1) is 18.3. The van der Waals surface area contributed by atoms with Crippen LogP contribution in [-0.2, 0) is 10.1 Å². The molecule has 0 aliphatic heterocycles. The molecule has 1 unspecified atom stereocenters. The van der Waals surface area contributed by atoms with Crippen LogP contribution in [0.5, 0.6) is 11.5 Å². The molecule has 2 aromatic carbocycles. The molecule has 2 rings (SSSR count). The van der Waals surface area contributed by atoms with Crippen molar-refractivity contribution in [2.45, 2.75) is 31.1 Å². The van der Waals surface area contributed by atoms with Crippen LogP contribution in [-0.4, -0.2) is 26.2 Å². The van der Waals surface area contributed by atoms with Crippen LogP contribution in [0.25, 0.3) is 0 Å². The SMILES string of the molecule is CCC(C)c1cccc(OCCOc2ccc(S(=O)(=O)[O-])cc2)c1. The summed E-state index contributed by atoms with van der Waals surface area (Å²) in [6.45, 7) is 5.01. The summed E-state index contributed by atoms with van der Waals surface area (Å²) in [6.07, 6.45) is 1.07. The predicted molar refractivity (Wildman–Crippen MR) is 90.5 cm³/mol. The van der Waals surface area contributed by atoms with Crippen molar-refractivity contribution >= 4 is 10.1 Å². The van der Waals surface area contributed by atoms with Crippen molar-refractivity contribution in [3.8, 4) is 11.5 Å². The second-order valence-electron chi connectivity index (χ2n) is 5.50. The van der Waals surface area contributed by atoms with Crippen LogP contribution in [0.3, 0.4) is 0 Å². The molecule has 1 atom stereocenters. The Morgan fingerprint density at radius 2 is 1.62 bits per heavy atom. The molecule has 0 saturated heterocycles. The van der Waals surface area contributed by atoms with E-state index in [9.17, 15) is 13.0 Å². The number of ether oxygens (including phenoxy) is 2. The van der Waals surface area contributed by atoms with Crippen LogP contribution in [0.4, 0.5) is 0 Å².